The highest BCUT2D eigenvalue weighted by Crippen LogP contribution is 2.21. The van der Waals surface area contributed by atoms with Crippen molar-refractivity contribution in [1.82, 2.24) is 19.0 Å². The smallest absolute Gasteiger partial charge is 0.257 e. The zero-order valence-electron chi connectivity index (χ0n) is 19.6. The Hall–Kier alpha value is -3.89. The maximum absolute atomic E-state index is 12.9. The van der Waals surface area contributed by atoms with Crippen molar-refractivity contribution in [1.29, 1.82) is 0 Å². The van der Waals surface area contributed by atoms with Crippen molar-refractivity contribution in [2.45, 2.75) is 6.92 Å². The minimum absolute atomic E-state index is 0.0889. The maximum atomic E-state index is 12.9. The Morgan fingerprint density at radius 1 is 0.917 bits per heavy atom. The first kappa shape index (κ1) is 23.8. The van der Waals surface area contributed by atoms with E-state index >= 15 is 0 Å². The van der Waals surface area contributed by atoms with Gasteiger partial charge in [-0.3, -0.25) is 14.9 Å². The molecular weight excluding hydrogens is 492 g/mol. The summed E-state index contributed by atoms with van der Waals surface area (Å²) >= 11 is 6.43. The fourth-order valence-corrected chi connectivity index (χ4v) is 4.90. The molecule has 3 aromatic carbocycles. The lowest BCUT2D eigenvalue weighted by Gasteiger charge is -2.36. The first-order valence-electron chi connectivity index (χ1n) is 11.5. The Balaban J connectivity index is 1.13. The van der Waals surface area contributed by atoms with Gasteiger partial charge >= 0.3 is 0 Å². The molecule has 4 aromatic rings. The molecule has 0 saturated carbocycles. The van der Waals surface area contributed by atoms with Gasteiger partial charge in [-0.2, -0.15) is 8.75 Å². The normalized spacial score (nSPS) is 13.5. The van der Waals surface area contributed by atoms with Gasteiger partial charge in [-0.25, -0.2) is 0 Å². The summed E-state index contributed by atoms with van der Waals surface area (Å²) in [6, 6.07) is 20.7. The Labute approximate surface area is 218 Å². The van der Waals surface area contributed by atoms with Crippen molar-refractivity contribution in [2.24, 2.45) is 0 Å². The molecule has 1 aliphatic rings. The number of anilines is 2. The van der Waals surface area contributed by atoms with Crippen LogP contribution in [0.3, 0.4) is 0 Å². The van der Waals surface area contributed by atoms with E-state index in [2.05, 4.69) is 24.3 Å². The molecular formula is C26H24N6O2S2. The molecule has 1 fully saturated rings. The lowest BCUT2D eigenvalue weighted by atomic mass is 10.1. The number of amides is 2. The number of piperazine rings is 1. The fourth-order valence-electron chi connectivity index (χ4n) is 4.17. The summed E-state index contributed by atoms with van der Waals surface area (Å²) < 4.78 is 8.31. The first-order chi connectivity index (χ1) is 17.5. The molecule has 0 atom stereocenters. The van der Waals surface area contributed by atoms with Crippen LogP contribution in [0.4, 0.5) is 11.4 Å². The molecule has 0 bridgehead atoms. The van der Waals surface area contributed by atoms with Gasteiger partial charge in [-0.1, -0.05) is 18.2 Å². The van der Waals surface area contributed by atoms with Crippen molar-refractivity contribution >= 4 is 63.3 Å². The van der Waals surface area contributed by atoms with Crippen LogP contribution in [0.25, 0.3) is 11.0 Å². The number of hydrogen-bond donors (Lipinski definition) is 2. The monoisotopic (exact) mass is 516 g/mol. The Bertz CT molecular complexity index is 1430. The number of carbonyl (C=O) groups is 2. The minimum atomic E-state index is -0.308. The maximum Gasteiger partial charge on any atom is 0.257 e. The highest BCUT2D eigenvalue weighted by atomic mass is 32.1. The Kier molecular flexibility index (Phi) is 6.88. The third-order valence-electron chi connectivity index (χ3n) is 6.18. The van der Waals surface area contributed by atoms with Crippen LogP contribution < -0.4 is 15.5 Å². The summed E-state index contributed by atoms with van der Waals surface area (Å²) in [6.45, 7) is 4.84. The van der Waals surface area contributed by atoms with Crippen LogP contribution in [-0.4, -0.2) is 56.8 Å². The third kappa shape index (κ3) is 5.19. The summed E-state index contributed by atoms with van der Waals surface area (Å²) in [5, 5.41) is 5.97. The van der Waals surface area contributed by atoms with Crippen LogP contribution in [0, 0.1) is 6.92 Å². The van der Waals surface area contributed by atoms with Gasteiger partial charge in [-0.05, 0) is 73.2 Å². The number of carbonyl (C=O) groups excluding carboxylic acids is 2. The van der Waals surface area contributed by atoms with Gasteiger partial charge in [-0.15, -0.1) is 0 Å². The average Bonchev–Trinajstić information content (AvgIpc) is 3.37. The van der Waals surface area contributed by atoms with Gasteiger partial charge in [0.25, 0.3) is 11.8 Å². The molecule has 8 nitrogen and oxygen atoms in total. The predicted molar refractivity (Wildman–Crippen MR) is 147 cm³/mol. The van der Waals surface area contributed by atoms with Crippen molar-refractivity contribution in [3.63, 3.8) is 0 Å². The van der Waals surface area contributed by atoms with E-state index < -0.39 is 0 Å². The molecule has 1 saturated heterocycles. The zero-order chi connectivity index (χ0) is 25.1. The molecule has 0 unspecified atom stereocenters. The second-order valence-electron chi connectivity index (χ2n) is 8.52. The summed E-state index contributed by atoms with van der Waals surface area (Å²) in [5.74, 6) is -0.219. The number of thiocarbonyl (C=S) groups is 1. The minimum Gasteiger partial charge on any atom is -0.368 e. The largest absolute Gasteiger partial charge is 0.368 e. The van der Waals surface area contributed by atoms with E-state index in [1.165, 1.54) is 0 Å². The molecule has 2 N–H and O–H groups in total. The number of aryl methyl sites for hydroxylation is 1. The SMILES string of the molecule is Cc1ccccc1C(=O)N1CCN(c2ccc(NC(=S)NC(=O)c3ccc4nsnc4c3)cc2)CC1. The molecule has 0 aliphatic carbocycles. The van der Waals surface area contributed by atoms with E-state index in [1.807, 2.05) is 60.4 Å². The van der Waals surface area contributed by atoms with E-state index in [1.54, 1.807) is 18.2 Å². The summed E-state index contributed by atoms with van der Waals surface area (Å²) in [7, 11) is 0. The second-order valence-corrected chi connectivity index (χ2v) is 9.45. The van der Waals surface area contributed by atoms with E-state index in [9.17, 15) is 9.59 Å². The quantitative estimate of drug-likeness (QED) is 0.395. The van der Waals surface area contributed by atoms with Gasteiger partial charge in [0, 0.05) is 48.7 Å². The van der Waals surface area contributed by atoms with E-state index in [4.69, 9.17) is 12.2 Å². The van der Waals surface area contributed by atoms with Crippen LogP contribution in [0.1, 0.15) is 26.3 Å². The Morgan fingerprint density at radius 2 is 1.64 bits per heavy atom. The lowest BCUT2D eigenvalue weighted by molar-refractivity contribution is 0.0746. The van der Waals surface area contributed by atoms with Gasteiger partial charge in [0.05, 0.1) is 11.7 Å². The predicted octanol–water partition coefficient (Wildman–Crippen LogP) is 4.09. The van der Waals surface area contributed by atoms with E-state index in [0.717, 1.165) is 52.8 Å². The van der Waals surface area contributed by atoms with Crippen LogP contribution in [0.5, 0.6) is 0 Å². The molecule has 182 valence electrons. The van der Waals surface area contributed by atoms with Crippen molar-refractivity contribution in [3.05, 3.63) is 83.4 Å². The third-order valence-corrected chi connectivity index (χ3v) is 6.94. The van der Waals surface area contributed by atoms with E-state index in [-0.39, 0.29) is 16.9 Å². The fraction of sp³-hybridized carbons (Fsp3) is 0.192. The van der Waals surface area contributed by atoms with E-state index in [0.29, 0.717) is 24.2 Å². The number of rotatable bonds is 4. The topological polar surface area (TPSA) is 90.5 Å². The van der Waals surface area contributed by atoms with Gasteiger partial charge in [0.1, 0.15) is 11.0 Å². The van der Waals surface area contributed by atoms with Crippen LogP contribution >= 0.6 is 23.9 Å². The van der Waals surface area contributed by atoms with Crippen LogP contribution in [0.2, 0.25) is 0 Å². The second kappa shape index (κ2) is 10.4. The van der Waals surface area contributed by atoms with Gasteiger partial charge < -0.3 is 15.1 Å². The van der Waals surface area contributed by atoms with Crippen molar-refractivity contribution in [3.8, 4) is 0 Å². The Morgan fingerprint density at radius 3 is 2.39 bits per heavy atom. The number of benzene rings is 3. The molecule has 36 heavy (non-hydrogen) atoms. The van der Waals surface area contributed by atoms with Crippen LogP contribution in [0.15, 0.2) is 66.7 Å². The molecule has 0 radical (unpaired) electrons. The summed E-state index contributed by atoms with van der Waals surface area (Å²) in [6.07, 6.45) is 0. The highest BCUT2D eigenvalue weighted by molar-refractivity contribution is 7.80. The average molecular weight is 517 g/mol. The molecule has 10 heteroatoms. The number of aromatic nitrogens is 2. The number of fused-ring (bicyclic) bond motifs is 1. The molecule has 0 spiro atoms. The summed E-state index contributed by atoms with van der Waals surface area (Å²) in [5.41, 5.74) is 5.53. The highest BCUT2D eigenvalue weighted by Gasteiger charge is 2.23. The molecule has 2 amide bonds. The zero-order valence-corrected chi connectivity index (χ0v) is 21.2. The molecule has 1 aromatic heterocycles. The molecule has 5 rings (SSSR count). The van der Waals surface area contributed by atoms with Gasteiger partial charge in [0.2, 0.25) is 0 Å². The summed E-state index contributed by atoms with van der Waals surface area (Å²) in [4.78, 5) is 29.6. The lowest BCUT2D eigenvalue weighted by Crippen LogP contribution is -2.48. The number of nitrogens with zero attached hydrogens (tertiary/aromatic N) is 4. The molecule has 1 aliphatic heterocycles. The molecule has 2 heterocycles. The number of nitrogens with one attached hydrogen (secondary N) is 2. The number of hydrogen-bond acceptors (Lipinski definition) is 7. The van der Waals surface area contributed by atoms with Gasteiger partial charge in [0.15, 0.2) is 5.11 Å². The standard InChI is InChI=1S/C26H24N6O2S2/c1-17-4-2-3-5-21(17)25(34)32-14-12-31(13-15-32)20-9-7-19(8-10-20)27-26(35)28-24(33)18-6-11-22-23(16-18)30-36-29-22/h2-11,16H,12-15H2,1H3,(H2,27,28,33,35). The first-order valence-corrected chi connectivity index (χ1v) is 12.7. The van der Waals surface area contributed by atoms with Crippen molar-refractivity contribution in [2.75, 3.05) is 36.4 Å². The van der Waals surface area contributed by atoms with Crippen molar-refractivity contribution < 1.29 is 9.59 Å². The van der Waals surface area contributed by atoms with Crippen LogP contribution in [-0.2, 0) is 0 Å².